The molecule has 1 unspecified atom stereocenters. The predicted octanol–water partition coefficient (Wildman–Crippen LogP) is 2.07. The molecule has 1 aromatic carbocycles. The van der Waals surface area contributed by atoms with E-state index in [9.17, 15) is 26.4 Å². The molecule has 1 aliphatic carbocycles. The SMILES string of the molecule is CS(=O)(=O)c1ccc(O[C@@H]2CCOC2)c(C(=O)N2CC3C[C@]3(c3noc(C(F)(F)F)n3)C2)c1. The molecule has 178 valence electrons. The number of carbonyl (C=O) groups is 1. The van der Waals surface area contributed by atoms with Crippen molar-refractivity contribution in [3.05, 3.63) is 35.5 Å². The molecule has 2 aliphatic heterocycles. The van der Waals surface area contributed by atoms with Crippen molar-refractivity contribution in [2.45, 2.75) is 35.4 Å². The van der Waals surface area contributed by atoms with Gasteiger partial charge in [-0.15, -0.1) is 0 Å². The van der Waals surface area contributed by atoms with E-state index in [2.05, 4.69) is 14.7 Å². The fourth-order valence-corrected chi connectivity index (χ4v) is 5.14. The van der Waals surface area contributed by atoms with Gasteiger partial charge in [0.15, 0.2) is 15.7 Å². The van der Waals surface area contributed by atoms with Crippen LogP contribution in [0.5, 0.6) is 5.75 Å². The molecule has 0 N–H and O–H groups in total. The number of fused-ring (bicyclic) bond motifs is 1. The Morgan fingerprint density at radius 2 is 2.12 bits per heavy atom. The number of hydrogen-bond acceptors (Lipinski definition) is 8. The van der Waals surface area contributed by atoms with Gasteiger partial charge in [0.25, 0.3) is 5.91 Å². The number of halogens is 3. The predicted molar refractivity (Wildman–Crippen MR) is 104 cm³/mol. The second-order valence-corrected chi connectivity index (χ2v) is 10.7. The minimum Gasteiger partial charge on any atom is -0.487 e. The Bertz CT molecular complexity index is 1210. The van der Waals surface area contributed by atoms with Crippen LogP contribution in [-0.4, -0.2) is 68.0 Å². The van der Waals surface area contributed by atoms with Crippen molar-refractivity contribution in [2.75, 3.05) is 32.6 Å². The maximum Gasteiger partial charge on any atom is 0.471 e. The molecule has 0 bridgehead atoms. The Morgan fingerprint density at radius 3 is 2.76 bits per heavy atom. The third kappa shape index (κ3) is 3.97. The second-order valence-electron chi connectivity index (χ2n) is 8.70. The highest BCUT2D eigenvalue weighted by Crippen LogP contribution is 2.58. The smallest absolute Gasteiger partial charge is 0.471 e. The lowest BCUT2D eigenvalue weighted by atomic mass is 10.1. The minimum absolute atomic E-state index is 0.0343. The van der Waals surface area contributed by atoms with Gasteiger partial charge >= 0.3 is 12.1 Å². The Balaban J connectivity index is 1.42. The van der Waals surface area contributed by atoms with Crippen LogP contribution in [0.2, 0.25) is 0 Å². The Morgan fingerprint density at radius 1 is 1.33 bits per heavy atom. The van der Waals surface area contributed by atoms with Gasteiger partial charge in [-0.2, -0.15) is 18.2 Å². The van der Waals surface area contributed by atoms with Gasteiger partial charge in [0.05, 0.1) is 29.1 Å². The molecule has 33 heavy (non-hydrogen) atoms. The second kappa shape index (κ2) is 7.42. The normalized spacial score (nSPS) is 27.0. The number of hydrogen-bond donors (Lipinski definition) is 0. The van der Waals surface area contributed by atoms with Crippen LogP contribution in [0, 0.1) is 5.92 Å². The molecule has 1 saturated carbocycles. The molecule has 0 spiro atoms. The highest BCUT2D eigenvalue weighted by molar-refractivity contribution is 7.90. The van der Waals surface area contributed by atoms with Gasteiger partial charge in [-0.05, 0) is 30.5 Å². The quantitative estimate of drug-likeness (QED) is 0.630. The summed E-state index contributed by atoms with van der Waals surface area (Å²) in [5, 5.41) is 3.52. The molecule has 2 aromatic rings. The average Bonchev–Trinajstić information content (AvgIpc) is 3.23. The van der Waals surface area contributed by atoms with Gasteiger partial charge in [0.2, 0.25) is 0 Å². The lowest BCUT2D eigenvalue weighted by Gasteiger charge is -2.23. The fraction of sp³-hybridized carbons (Fsp3) is 0.550. The largest absolute Gasteiger partial charge is 0.487 e. The summed E-state index contributed by atoms with van der Waals surface area (Å²) in [5.74, 6) is -1.83. The summed E-state index contributed by atoms with van der Waals surface area (Å²) < 4.78 is 78.3. The summed E-state index contributed by atoms with van der Waals surface area (Å²) in [4.78, 5) is 18.4. The Hall–Kier alpha value is -2.67. The molecule has 5 rings (SSSR count). The van der Waals surface area contributed by atoms with E-state index in [4.69, 9.17) is 9.47 Å². The number of benzene rings is 1. The van der Waals surface area contributed by atoms with Crippen LogP contribution in [0.4, 0.5) is 13.2 Å². The van der Waals surface area contributed by atoms with Crippen LogP contribution in [0.25, 0.3) is 0 Å². The summed E-state index contributed by atoms with van der Waals surface area (Å²) >= 11 is 0. The molecule has 2 saturated heterocycles. The highest BCUT2D eigenvalue weighted by atomic mass is 32.2. The van der Waals surface area contributed by atoms with E-state index in [0.29, 0.717) is 26.1 Å². The van der Waals surface area contributed by atoms with Crippen molar-refractivity contribution < 1.29 is 40.4 Å². The summed E-state index contributed by atoms with van der Waals surface area (Å²) in [6, 6.07) is 4.09. The van der Waals surface area contributed by atoms with Gasteiger partial charge in [-0.3, -0.25) is 4.79 Å². The van der Waals surface area contributed by atoms with Gasteiger partial charge in [0, 0.05) is 25.8 Å². The molecule has 9 nitrogen and oxygen atoms in total. The monoisotopic (exact) mass is 487 g/mol. The van der Waals surface area contributed by atoms with E-state index in [-0.39, 0.29) is 47.1 Å². The molecule has 3 fully saturated rings. The summed E-state index contributed by atoms with van der Waals surface area (Å²) in [7, 11) is -3.58. The van der Waals surface area contributed by atoms with E-state index < -0.39 is 33.2 Å². The number of alkyl halides is 3. The van der Waals surface area contributed by atoms with Crippen molar-refractivity contribution in [1.29, 1.82) is 0 Å². The van der Waals surface area contributed by atoms with Crippen molar-refractivity contribution in [1.82, 2.24) is 15.0 Å². The van der Waals surface area contributed by atoms with E-state index in [1.807, 2.05) is 0 Å². The molecule has 0 radical (unpaired) electrons. The first-order valence-corrected chi connectivity index (χ1v) is 12.2. The van der Waals surface area contributed by atoms with Crippen molar-refractivity contribution >= 4 is 15.7 Å². The minimum atomic E-state index is -4.75. The fourth-order valence-electron chi connectivity index (χ4n) is 4.49. The first kappa shape index (κ1) is 22.1. The lowest BCUT2D eigenvalue weighted by molar-refractivity contribution is -0.159. The number of likely N-dealkylation sites (tertiary alicyclic amines) is 1. The van der Waals surface area contributed by atoms with Crippen LogP contribution in [0.3, 0.4) is 0 Å². The van der Waals surface area contributed by atoms with Crippen LogP contribution >= 0.6 is 0 Å². The first-order valence-electron chi connectivity index (χ1n) is 10.3. The molecule has 3 aliphatic rings. The maximum atomic E-state index is 13.4. The van der Waals surface area contributed by atoms with E-state index in [1.165, 1.54) is 23.1 Å². The molecule has 1 aromatic heterocycles. The summed E-state index contributed by atoms with van der Waals surface area (Å²) in [6.07, 6.45) is -2.80. The molecular weight excluding hydrogens is 467 g/mol. The number of nitrogens with zero attached hydrogens (tertiary/aromatic N) is 3. The van der Waals surface area contributed by atoms with E-state index in [1.54, 1.807) is 0 Å². The number of carbonyl (C=O) groups excluding carboxylic acids is 1. The molecule has 3 heterocycles. The number of sulfone groups is 1. The van der Waals surface area contributed by atoms with Gasteiger partial charge in [-0.1, -0.05) is 5.16 Å². The van der Waals surface area contributed by atoms with Gasteiger partial charge in [0.1, 0.15) is 11.9 Å². The zero-order valence-corrected chi connectivity index (χ0v) is 18.3. The zero-order chi connectivity index (χ0) is 23.6. The van der Waals surface area contributed by atoms with Gasteiger partial charge in [-0.25, -0.2) is 8.42 Å². The van der Waals surface area contributed by atoms with Crippen LogP contribution < -0.4 is 4.74 Å². The van der Waals surface area contributed by atoms with Crippen LogP contribution in [0.15, 0.2) is 27.6 Å². The van der Waals surface area contributed by atoms with Crippen molar-refractivity contribution in [3.63, 3.8) is 0 Å². The number of piperidine rings is 1. The van der Waals surface area contributed by atoms with E-state index in [0.717, 1.165) is 6.26 Å². The topological polar surface area (TPSA) is 112 Å². The first-order chi connectivity index (χ1) is 15.5. The molecule has 1 amide bonds. The number of rotatable bonds is 5. The number of amides is 1. The maximum absolute atomic E-state index is 13.4. The standard InChI is InChI=1S/C20H20F3N3O6S/c1-33(28,29)13-2-3-15(31-12-4-5-30-9-12)14(6-13)16(27)26-8-11-7-19(11,10-26)17-24-18(32-25-17)20(21,22)23/h2-3,6,11-12H,4-5,7-10H2,1H3/t11?,12-,19+/m1/s1. The van der Waals surface area contributed by atoms with Crippen LogP contribution in [0.1, 0.15) is 34.9 Å². The summed E-state index contributed by atoms with van der Waals surface area (Å²) in [5.41, 5.74) is -0.720. The third-order valence-corrected chi connectivity index (χ3v) is 7.45. The molecule has 3 atom stereocenters. The molecule has 13 heteroatoms. The highest BCUT2D eigenvalue weighted by Gasteiger charge is 2.65. The van der Waals surface area contributed by atoms with Gasteiger partial charge < -0.3 is 18.9 Å². The third-order valence-electron chi connectivity index (χ3n) is 6.34. The number of ether oxygens (including phenoxy) is 2. The molecular formula is C20H20F3N3O6S. The lowest BCUT2D eigenvalue weighted by Crippen LogP contribution is -2.34. The zero-order valence-electron chi connectivity index (χ0n) is 17.5. The van der Waals surface area contributed by atoms with E-state index >= 15 is 0 Å². The summed E-state index contributed by atoms with van der Waals surface area (Å²) in [6.45, 7) is 1.26. The average molecular weight is 487 g/mol. The van der Waals surface area contributed by atoms with Crippen LogP contribution in [-0.2, 0) is 26.2 Å². The Kier molecular flexibility index (Phi) is 4.98. The van der Waals surface area contributed by atoms with Crippen molar-refractivity contribution in [2.24, 2.45) is 5.92 Å². The van der Waals surface area contributed by atoms with Crippen molar-refractivity contribution in [3.8, 4) is 5.75 Å². The number of aromatic nitrogens is 2. The Labute approximate surface area is 186 Å².